The molecule has 6 rings (SSSR count). The number of carbonyl (C=O) groups is 3. The first-order valence-electron chi connectivity index (χ1n) is 14.8. The highest BCUT2D eigenvalue weighted by Gasteiger charge is 2.24. The standard InChI is InChI=1S/C32H28N8O7S2/c41-25(39(18-26(42)43)16-15-36-49(45,46)32-37-23-13-7-8-14-24(23)48-32)17-40-20-35-27-29(33-19-34-30(27)40)38-31(44)47-28(21-9-3-1-4-10-21)22-11-5-2-6-12-22/h1-14,19-20,28,36H,15-18H2,(H,42,43)(H,33,34,38,44). The second-order valence-electron chi connectivity index (χ2n) is 10.6. The Morgan fingerprint density at radius 2 is 1.59 bits per heavy atom. The number of imidazole rings is 1. The molecule has 2 amide bonds. The lowest BCUT2D eigenvalue weighted by molar-refractivity contribution is -0.144. The van der Waals surface area contributed by atoms with E-state index in [0.29, 0.717) is 10.2 Å². The van der Waals surface area contributed by atoms with Gasteiger partial charge in [-0.3, -0.25) is 14.9 Å². The first-order chi connectivity index (χ1) is 23.7. The summed E-state index contributed by atoms with van der Waals surface area (Å²) in [5, 5.41) is 12.0. The van der Waals surface area contributed by atoms with Crippen LogP contribution in [0.4, 0.5) is 10.6 Å². The maximum Gasteiger partial charge on any atom is 0.413 e. The Morgan fingerprint density at radius 3 is 2.27 bits per heavy atom. The lowest BCUT2D eigenvalue weighted by atomic mass is 10.0. The van der Waals surface area contributed by atoms with Crippen molar-refractivity contribution in [3.8, 4) is 0 Å². The van der Waals surface area contributed by atoms with Gasteiger partial charge in [0.2, 0.25) is 10.2 Å². The molecule has 250 valence electrons. The van der Waals surface area contributed by atoms with Crippen molar-refractivity contribution in [3.63, 3.8) is 0 Å². The number of nitrogens with zero attached hydrogens (tertiary/aromatic N) is 6. The first kappa shape index (κ1) is 33.1. The maximum absolute atomic E-state index is 13.3. The van der Waals surface area contributed by atoms with Gasteiger partial charge in [0.15, 0.2) is 23.1 Å². The number of carbonyl (C=O) groups excluding carboxylic acids is 2. The van der Waals surface area contributed by atoms with Gasteiger partial charge in [0.1, 0.15) is 19.4 Å². The molecule has 17 heteroatoms. The Kier molecular flexibility index (Phi) is 9.84. The number of hydrogen-bond acceptors (Lipinski definition) is 11. The Hall–Kier alpha value is -5.78. The highest BCUT2D eigenvalue weighted by molar-refractivity contribution is 7.91. The van der Waals surface area contributed by atoms with E-state index >= 15 is 0 Å². The summed E-state index contributed by atoms with van der Waals surface area (Å²) in [6.45, 7) is -1.54. The van der Waals surface area contributed by atoms with Gasteiger partial charge >= 0.3 is 12.1 Å². The van der Waals surface area contributed by atoms with E-state index in [2.05, 4.69) is 30.0 Å². The van der Waals surface area contributed by atoms with Crippen LogP contribution >= 0.6 is 11.3 Å². The second-order valence-corrected chi connectivity index (χ2v) is 13.5. The third-order valence-electron chi connectivity index (χ3n) is 7.21. The Bertz CT molecular complexity index is 2160. The van der Waals surface area contributed by atoms with Gasteiger partial charge < -0.3 is 19.3 Å². The van der Waals surface area contributed by atoms with Crippen molar-refractivity contribution in [1.29, 1.82) is 0 Å². The van der Waals surface area contributed by atoms with Gasteiger partial charge in [0.25, 0.3) is 10.0 Å². The summed E-state index contributed by atoms with van der Waals surface area (Å²) in [6, 6.07) is 25.4. The predicted octanol–water partition coefficient (Wildman–Crippen LogP) is 3.67. The number of carboxylic acids is 1. The van der Waals surface area contributed by atoms with Gasteiger partial charge in [-0.2, -0.15) is 0 Å². The number of benzene rings is 3. The normalized spacial score (nSPS) is 11.5. The van der Waals surface area contributed by atoms with Gasteiger partial charge in [0.05, 0.1) is 16.5 Å². The highest BCUT2D eigenvalue weighted by Crippen LogP contribution is 2.27. The lowest BCUT2D eigenvalue weighted by Gasteiger charge is -2.21. The molecule has 0 bridgehead atoms. The van der Waals surface area contributed by atoms with Crippen molar-refractivity contribution in [2.45, 2.75) is 17.0 Å². The number of fused-ring (bicyclic) bond motifs is 2. The van der Waals surface area contributed by atoms with E-state index in [-0.39, 0.29) is 41.0 Å². The number of nitrogens with one attached hydrogen (secondary N) is 2. The van der Waals surface area contributed by atoms with Crippen molar-refractivity contribution in [1.82, 2.24) is 34.1 Å². The summed E-state index contributed by atoms with van der Waals surface area (Å²) in [6.07, 6.45) is 0.975. The molecule has 0 spiro atoms. The minimum absolute atomic E-state index is 0.0349. The van der Waals surface area contributed by atoms with Crippen LogP contribution in [0.15, 0.2) is 102 Å². The van der Waals surface area contributed by atoms with E-state index in [4.69, 9.17) is 4.74 Å². The summed E-state index contributed by atoms with van der Waals surface area (Å²) in [5.74, 6) is -1.88. The Balaban J connectivity index is 1.13. The fourth-order valence-corrected chi connectivity index (χ4v) is 7.23. The fraction of sp³-hybridized carbons (Fsp3) is 0.156. The van der Waals surface area contributed by atoms with Gasteiger partial charge in [-0.1, -0.05) is 72.8 Å². The lowest BCUT2D eigenvalue weighted by Crippen LogP contribution is -2.42. The number of sulfonamides is 1. The summed E-state index contributed by atoms with van der Waals surface area (Å²) in [7, 11) is -4.01. The molecule has 3 N–H and O–H groups in total. The third-order valence-corrected chi connectivity index (χ3v) is 10.1. The molecule has 0 aliphatic carbocycles. The van der Waals surface area contributed by atoms with Crippen molar-refractivity contribution in [2.24, 2.45) is 0 Å². The largest absolute Gasteiger partial charge is 0.480 e. The number of hydrogen-bond donors (Lipinski definition) is 3. The van der Waals surface area contributed by atoms with Crippen molar-refractivity contribution in [2.75, 3.05) is 25.0 Å². The van der Waals surface area contributed by atoms with Crippen LogP contribution in [0, 0.1) is 0 Å². The molecule has 15 nitrogen and oxygen atoms in total. The van der Waals surface area contributed by atoms with E-state index in [9.17, 15) is 27.9 Å². The Morgan fingerprint density at radius 1 is 0.918 bits per heavy atom. The number of aromatic nitrogens is 5. The quantitative estimate of drug-likeness (QED) is 0.159. The molecule has 0 aliphatic rings. The minimum atomic E-state index is -4.01. The SMILES string of the molecule is O=C(O)CN(CCNS(=O)(=O)c1nc2ccccc2s1)C(=O)Cn1cnc2c(NC(=O)OC(c3ccccc3)c3ccccc3)ncnc21. The first-order valence-corrected chi connectivity index (χ1v) is 17.1. The average Bonchev–Trinajstić information content (AvgIpc) is 3.73. The van der Waals surface area contributed by atoms with Gasteiger partial charge in [0, 0.05) is 13.1 Å². The molecule has 6 aromatic rings. The van der Waals surface area contributed by atoms with E-state index in [1.54, 1.807) is 24.3 Å². The molecule has 0 saturated carbocycles. The molecule has 3 heterocycles. The van der Waals surface area contributed by atoms with Gasteiger partial charge in [-0.25, -0.2) is 37.9 Å². The van der Waals surface area contributed by atoms with Crippen LogP contribution in [0.1, 0.15) is 17.2 Å². The molecular weight excluding hydrogens is 673 g/mol. The number of anilines is 1. The molecular formula is C32H28N8O7S2. The molecule has 0 aliphatic heterocycles. The Labute approximate surface area is 283 Å². The van der Waals surface area contributed by atoms with Gasteiger partial charge in [-0.15, -0.1) is 11.3 Å². The summed E-state index contributed by atoms with van der Waals surface area (Å²) in [5.41, 5.74) is 2.40. The third kappa shape index (κ3) is 7.86. The fourth-order valence-electron chi connectivity index (χ4n) is 4.95. The summed E-state index contributed by atoms with van der Waals surface area (Å²) >= 11 is 0.996. The van der Waals surface area contributed by atoms with Crippen LogP contribution in [0.3, 0.4) is 0 Å². The zero-order valence-electron chi connectivity index (χ0n) is 25.5. The highest BCUT2D eigenvalue weighted by atomic mass is 32.2. The number of amides is 2. The van der Waals surface area contributed by atoms with E-state index in [1.165, 1.54) is 17.2 Å². The second kappa shape index (κ2) is 14.5. The number of ether oxygens (including phenoxy) is 1. The average molecular weight is 701 g/mol. The van der Waals surface area contributed by atoms with E-state index in [1.807, 2.05) is 60.7 Å². The molecule has 49 heavy (non-hydrogen) atoms. The molecule has 0 fully saturated rings. The van der Waals surface area contributed by atoms with Crippen LogP contribution < -0.4 is 10.0 Å². The molecule has 0 atom stereocenters. The van der Waals surface area contributed by atoms with Crippen LogP contribution in [0.25, 0.3) is 21.4 Å². The van der Waals surface area contributed by atoms with Crippen molar-refractivity contribution >= 4 is 66.5 Å². The smallest absolute Gasteiger partial charge is 0.413 e. The molecule has 3 aromatic carbocycles. The van der Waals surface area contributed by atoms with Crippen LogP contribution in [-0.2, 0) is 30.9 Å². The maximum atomic E-state index is 13.3. The van der Waals surface area contributed by atoms with Crippen LogP contribution in [0.2, 0.25) is 0 Å². The van der Waals surface area contributed by atoms with Crippen LogP contribution in [-0.4, -0.2) is 80.5 Å². The predicted molar refractivity (Wildman–Crippen MR) is 179 cm³/mol. The van der Waals surface area contributed by atoms with Crippen molar-refractivity contribution in [3.05, 3.63) is 109 Å². The van der Waals surface area contributed by atoms with Crippen LogP contribution in [0.5, 0.6) is 0 Å². The molecule has 0 saturated heterocycles. The van der Waals surface area contributed by atoms with E-state index in [0.717, 1.165) is 27.4 Å². The summed E-state index contributed by atoms with van der Waals surface area (Å²) in [4.78, 5) is 55.7. The van der Waals surface area contributed by atoms with Gasteiger partial charge in [-0.05, 0) is 23.3 Å². The molecule has 3 aromatic heterocycles. The summed E-state index contributed by atoms with van der Waals surface area (Å²) < 4.78 is 35.8. The van der Waals surface area contributed by atoms with Crippen molar-refractivity contribution < 1.29 is 32.6 Å². The molecule has 0 radical (unpaired) electrons. The zero-order valence-corrected chi connectivity index (χ0v) is 27.2. The number of aliphatic carboxylic acids is 1. The number of carboxylic acid groups (broad SMARTS) is 1. The van der Waals surface area contributed by atoms with E-state index < -0.39 is 40.6 Å². The number of para-hydroxylation sites is 1. The molecule has 0 unspecified atom stereocenters. The number of rotatable bonds is 13. The zero-order chi connectivity index (χ0) is 34.4. The number of thiazole rings is 1. The minimum Gasteiger partial charge on any atom is -0.480 e. The monoisotopic (exact) mass is 700 g/mol. The topological polar surface area (TPSA) is 199 Å².